The molecule has 1 heterocycles. The zero-order chi connectivity index (χ0) is 17.6. The number of hydrogen-bond acceptors (Lipinski definition) is 3. The molecule has 2 aliphatic rings. The van der Waals surface area contributed by atoms with E-state index in [4.69, 9.17) is 0 Å². The van der Waals surface area contributed by atoms with Gasteiger partial charge in [-0.15, -0.1) is 0 Å². The molecule has 1 saturated carbocycles. The highest BCUT2D eigenvalue weighted by molar-refractivity contribution is 5.74. The number of benzene rings is 1. The summed E-state index contributed by atoms with van der Waals surface area (Å²) in [6.45, 7) is 9.67. The number of nitrogens with one attached hydrogen (secondary N) is 1. The summed E-state index contributed by atoms with van der Waals surface area (Å²) in [5.41, 5.74) is 2.52. The highest BCUT2D eigenvalue weighted by Gasteiger charge is 2.25. The average molecular weight is 345 g/mol. The first-order chi connectivity index (χ1) is 12.2. The summed E-state index contributed by atoms with van der Waals surface area (Å²) in [5, 5.41) is 3.03. The Labute approximate surface area is 152 Å². The molecular formula is C20H32N4O. The van der Waals surface area contributed by atoms with Crippen LogP contribution in [0.15, 0.2) is 24.3 Å². The number of urea groups is 1. The SMILES string of the molecule is CCN1CCN(Cc2ccc(CNC(=O)N(C)C3CCC3)cc2)CC1. The van der Waals surface area contributed by atoms with Gasteiger partial charge < -0.3 is 15.1 Å². The van der Waals surface area contributed by atoms with Gasteiger partial charge in [-0.05, 0) is 36.9 Å². The minimum Gasteiger partial charge on any atom is -0.334 e. The zero-order valence-electron chi connectivity index (χ0n) is 15.7. The highest BCUT2D eigenvalue weighted by atomic mass is 16.2. The maximum atomic E-state index is 12.1. The Balaban J connectivity index is 1.42. The van der Waals surface area contributed by atoms with Crippen LogP contribution < -0.4 is 5.32 Å². The van der Waals surface area contributed by atoms with E-state index in [-0.39, 0.29) is 6.03 Å². The number of hydrogen-bond donors (Lipinski definition) is 1. The van der Waals surface area contributed by atoms with E-state index in [0.29, 0.717) is 12.6 Å². The molecule has 0 radical (unpaired) electrons. The highest BCUT2D eigenvalue weighted by Crippen LogP contribution is 2.23. The molecule has 1 saturated heterocycles. The van der Waals surface area contributed by atoms with Crippen molar-refractivity contribution in [3.05, 3.63) is 35.4 Å². The Kier molecular flexibility index (Phi) is 6.32. The van der Waals surface area contributed by atoms with Crippen molar-refractivity contribution < 1.29 is 4.79 Å². The van der Waals surface area contributed by atoms with E-state index >= 15 is 0 Å². The number of carbonyl (C=O) groups is 1. The van der Waals surface area contributed by atoms with Crippen molar-refractivity contribution >= 4 is 6.03 Å². The van der Waals surface area contributed by atoms with Gasteiger partial charge >= 0.3 is 6.03 Å². The number of amides is 2. The van der Waals surface area contributed by atoms with E-state index in [2.05, 4.69) is 46.3 Å². The van der Waals surface area contributed by atoms with Gasteiger partial charge in [-0.2, -0.15) is 0 Å². The summed E-state index contributed by atoms with van der Waals surface area (Å²) in [6.07, 6.45) is 3.54. The maximum absolute atomic E-state index is 12.1. The monoisotopic (exact) mass is 344 g/mol. The maximum Gasteiger partial charge on any atom is 0.317 e. The van der Waals surface area contributed by atoms with E-state index in [1.807, 2.05) is 11.9 Å². The van der Waals surface area contributed by atoms with E-state index in [9.17, 15) is 4.79 Å². The molecule has 1 aliphatic carbocycles. The van der Waals surface area contributed by atoms with Gasteiger partial charge in [0.2, 0.25) is 0 Å². The Morgan fingerprint density at radius 3 is 2.24 bits per heavy atom. The molecule has 0 unspecified atom stereocenters. The number of nitrogens with zero attached hydrogens (tertiary/aromatic N) is 3. The van der Waals surface area contributed by atoms with Crippen molar-refractivity contribution in [2.24, 2.45) is 0 Å². The molecule has 25 heavy (non-hydrogen) atoms. The lowest BCUT2D eigenvalue weighted by molar-refractivity contribution is 0.132. The molecule has 1 N–H and O–H groups in total. The van der Waals surface area contributed by atoms with Crippen LogP contribution in [-0.4, -0.2) is 66.5 Å². The van der Waals surface area contributed by atoms with Crippen LogP contribution in [0.3, 0.4) is 0 Å². The van der Waals surface area contributed by atoms with Crippen LogP contribution in [0.2, 0.25) is 0 Å². The molecular weight excluding hydrogens is 312 g/mol. The van der Waals surface area contributed by atoms with Crippen molar-refractivity contribution in [1.29, 1.82) is 0 Å². The van der Waals surface area contributed by atoms with Gasteiger partial charge in [-0.1, -0.05) is 31.2 Å². The molecule has 3 rings (SSSR count). The normalized spacial score (nSPS) is 19.4. The summed E-state index contributed by atoms with van der Waals surface area (Å²) in [6, 6.07) is 9.16. The van der Waals surface area contributed by atoms with Gasteiger partial charge in [0.05, 0.1) is 0 Å². The number of rotatable bonds is 6. The largest absolute Gasteiger partial charge is 0.334 e. The molecule has 0 aromatic heterocycles. The standard InChI is InChI=1S/C20H32N4O/c1-3-23-11-13-24(14-12-23)16-18-9-7-17(8-10-18)15-21-20(25)22(2)19-5-4-6-19/h7-10,19H,3-6,11-16H2,1-2H3,(H,21,25). The number of piperazine rings is 1. The Bertz CT molecular complexity index is 547. The lowest BCUT2D eigenvalue weighted by atomic mass is 9.92. The zero-order valence-corrected chi connectivity index (χ0v) is 15.7. The Hall–Kier alpha value is -1.59. The second-order valence-corrected chi connectivity index (χ2v) is 7.38. The Morgan fingerprint density at radius 2 is 1.68 bits per heavy atom. The summed E-state index contributed by atoms with van der Waals surface area (Å²) in [5.74, 6) is 0. The molecule has 2 amide bonds. The minimum atomic E-state index is 0.0440. The van der Waals surface area contributed by atoms with Gasteiger partial charge in [-0.25, -0.2) is 4.79 Å². The molecule has 5 heteroatoms. The van der Waals surface area contributed by atoms with Crippen molar-refractivity contribution in [2.45, 2.75) is 45.3 Å². The average Bonchev–Trinajstić information content (AvgIpc) is 2.60. The van der Waals surface area contributed by atoms with Crippen molar-refractivity contribution in [3.8, 4) is 0 Å². The topological polar surface area (TPSA) is 38.8 Å². The van der Waals surface area contributed by atoms with E-state index in [1.54, 1.807) is 0 Å². The Morgan fingerprint density at radius 1 is 1.08 bits per heavy atom. The molecule has 2 fully saturated rings. The predicted octanol–water partition coefficient (Wildman–Crippen LogP) is 2.52. The third kappa shape index (κ3) is 4.95. The van der Waals surface area contributed by atoms with Gasteiger partial charge in [0, 0.05) is 52.4 Å². The van der Waals surface area contributed by atoms with Crippen molar-refractivity contribution in [2.75, 3.05) is 39.8 Å². The lowest BCUT2D eigenvalue weighted by Gasteiger charge is -2.34. The van der Waals surface area contributed by atoms with Crippen LogP contribution in [-0.2, 0) is 13.1 Å². The second-order valence-electron chi connectivity index (χ2n) is 7.38. The molecule has 0 bridgehead atoms. The van der Waals surface area contributed by atoms with Crippen LogP contribution in [0.1, 0.15) is 37.3 Å². The summed E-state index contributed by atoms with van der Waals surface area (Å²) < 4.78 is 0. The number of likely N-dealkylation sites (N-methyl/N-ethyl adjacent to an activating group) is 1. The van der Waals surface area contributed by atoms with E-state index in [0.717, 1.165) is 44.6 Å². The van der Waals surface area contributed by atoms with Crippen molar-refractivity contribution in [1.82, 2.24) is 20.0 Å². The quantitative estimate of drug-likeness (QED) is 0.862. The van der Waals surface area contributed by atoms with Crippen LogP contribution in [0.4, 0.5) is 4.79 Å². The fraction of sp³-hybridized carbons (Fsp3) is 0.650. The molecule has 0 atom stereocenters. The van der Waals surface area contributed by atoms with Crippen LogP contribution >= 0.6 is 0 Å². The first kappa shape index (κ1) is 18.2. The second kappa shape index (κ2) is 8.68. The van der Waals surface area contributed by atoms with Gasteiger partial charge in [-0.3, -0.25) is 4.90 Å². The fourth-order valence-corrected chi connectivity index (χ4v) is 3.53. The van der Waals surface area contributed by atoms with Crippen LogP contribution in [0.5, 0.6) is 0 Å². The first-order valence-electron chi connectivity index (χ1n) is 9.69. The van der Waals surface area contributed by atoms with E-state index in [1.165, 1.54) is 25.1 Å². The van der Waals surface area contributed by atoms with E-state index < -0.39 is 0 Å². The van der Waals surface area contributed by atoms with Crippen LogP contribution in [0.25, 0.3) is 0 Å². The molecule has 1 aromatic carbocycles. The molecule has 5 nitrogen and oxygen atoms in total. The van der Waals surface area contributed by atoms with Crippen LogP contribution in [0, 0.1) is 0 Å². The fourth-order valence-electron chi connectivity index (χ4n) is 3.53. The molecule has 138 valence electrons. The molecule has 1 aromatic rings. The third-order valence-electron chi connectivity index (χ3n) is 5.73. The number of carbonyl (C=O) groups excluding carboxylic acids is 1. The first-order valence-corrected chi connectivity index (χ1v) is 9.69. The van der Waals surface area contributed by atoms with Gasteiger partial charge in [0.15, 0.2) is 0 Å². The smallest absolute Gasteiger partial charge is 0.317 e. The molecule has 0 spiro atoms. The third-order valence-corrected chi connectivity index (χ3v) is 5.73. The van der Waals surface area contributed by atoms with Crippen molar-refractivity contribution in [3.63, 3.8) is 0 Å². The van der Waals surface area contributed by atoms with Gasteiger partial charge in [0.25, 0.3) is 0 Å². The predicted molar refractivity (Wildman–Crippen MR) is 101 cm³/mol. The summed E-state index contributed by atoms with van der Waals surface area (Å²) >= 11 is 0. The minimum absolute atomic E-state index is 0.0440. The van der Waals surface area contributed by atoms with Gasteiger partial charge in [0.1, 0.15) is 0 Å². The molecule has 1 aliphatic heterocycles. The summed E-state index contributed by atoms with van der Waals surface area (Å²) in [7, 11) is 1.90. The lowest BCUT2D eigenvalue weighted by Crippen LogP contribution is -2.46. The summed E-state index contributed by atoms with van der Waals surface area (Å²) in [4.78, 5) is 19.0.